The zero-order valence-electron chi connectivity index (χ0n) is 10.2. The zero-order valence-corrected chi connectivity index (χ0v) is 11.8. The van der Waals surface area contributed by atoms with Gasteiger partial charge in [-0.1, -0.05) is 35.3 Å². The molecule has 0 saturated carbocycles. The first-order valence-electron chi connectivity index (χ1n) is 5.62. The molecule has 0 saturated heterocycles. The van der Waals surface area contributed by atoms with E-state index < -0.39 is 0 Å². The van der Waals surface area contributed by atoms with Crippen LogP contribution in [0.3, 0.4) is 0 Å². The monoisotopic (exact) mass is 277 g/mol. The lowest BCUT2D eigenvalue weighted by atomic mass is 10.1. The second-order valence-corrected chi connectivity index (χ2v) is 5.04. The van der Waals surface area contributed by atoms with E-state index in [1.807, 2.05) is 12.1 Å². The predicted molar refractivity (Wildman–Crippen MR) is 79.6 cm³/mol. The van der Waals surface area contributed by atoms with Gasteiger partial charge in [-0.05, 0) is 49.2 Å². The molecule has 0 radical (unpaired) electrons. The van der Waals surface area contributed by atoms with E-state index in [0.717, 1.165) is 11.3 Å². The van der Waals surface area contributed by atoms with E-state index in [-0.39, 0.29) is 0 Å². The van der Waals surface area contributed by atoms with Crippen molar-refractivity contribution in [2.24, 2.45) is 4.99 Å². The number of nitrogens with zero attached hydrogens (tertiary/aromatic N) is 1. The van der Waals surface area contributed by atoms with E-state index in [9.17, 15) is 0 Å². The fourth-order valence-corrected chi connectivity index (χ4v) is 2.01. The fourth-order valence-electron chi connectivity index (χ4n) is 1.56. The first kappa shape index (κ1) is 13.1. The summed E-state index contributed by atoms with van der Waals surface area (Å²) in [6, 6.07) is 11.5. The summed E-state index contributed by atoms with van der Waals surface area (Å²) in [4.78, 5) is 4.42. The topological polar surface area (TPSA) is 12.4 Å². The van der Waals surface area contributed by atoms with Gasteiger partial charge >= 0.3 is 0 Å². The van der Waals surface area contributed by atoms with E-state index in [2.05, 4.69) is 31.0 Å². The van der Waals surface area contributed by atoms with Crippen LogP contribution in [0.15, 0.2) is 41.4 Å². The van der Waals surface area contributed by atoms with Crippen molar-refractivity contribution in [1.82, 2.24) is 0 Å². The van der Waals surface area contributed by atoms with E-state index >= 15 is 0 Å². The predicted octanol–water partition coefficient (Wildman–Crippen LogP) is 5.36. The minimum Gasteiger partial charge on any atom is -0.256 e. The summed E-state index contributed by atoms with van der Waals surface area (Å²) in [6.07, 6.45) is 1.75. The first-order chi connectivity index (χ1) is 8.56. The second-order valence-electron chi connectivity index (χ2n) is 4.19. The van der Waals surface area contributed by atoms with Gasteiger partial charge in [-0.25, -0.2) is 0 Å². The second kappa shape index (κ2) is 5.55. The molecular weight excluding hydrogens is 265 g/mol. The lowest BCUT2D eigenvalue weighted by molar-refractivity contribution is 1.33. The Bertz CT molecular complexity index is 603. The highest BCUT2D eigenvalue weighted by atomic mass is 35.5. The molecule has 0 atom stereocenters. The van der Waals surface area contributed by atoms with Crippen LogP contribution in [0, 0.1) is 13.8 Å². The summed E-state index contributed by atoms with van der Waals surface area (Å²) in [5.74, 6) is 0. The molecular formula is C15H13Cl2N. The molecule has 2 rings (SSSR count). The van der Waals surface area contributed by atoms with Gasteiger partial charge in [-0.15, -0.1) is 0 Å². The molecule has 0 fully saturated rings. The summed E-state index contributed by atoms with van der Waals surface area (Å²) < 4.78 is 0. The van der Waals surface area contributed by atoms with E-state index in [0.29, 0.717) is 10.0 Å². The standard InChI is InChI=1S/C15H13Cl2N/c1-10-3-6-14(7-11(10)2)18-9-12-4-5-13(16)8-15(12)17/h3-9H,1-2H3. The Morgan fingerprint density at radius 3 is 2.39 bits per heavy atom. The summed E-state index contributed by atoms with van der Waals surface area (Å²) in [5, 5.41) is 1.23. The number of rotatable bonds is 2. The van der Waals surface area contributed by atoms with Crippen LogP contribution in [0.2, 0.25) is 10.0 Å². The highest BCUT2D eigenvalue weighted by Gasteiger charge is 1.98. The summed E-state index contributed by atoms with van der Waals surface area (Å²) in [5.41, 5.74) is 4.27. The molecule has 0 unspecified atom stereocenters. The number of halogens is 2. The van der Waals surface area contributed by atoms with Crippen molar-refractivity contribution in [3.05, 3.63) is 63.1 Å². The molecule has 92 valence electrons. The molecule has 0 amide bonds. The van der Waals surface area contributed by atoms with Gasteiger partial charge < -0.3 is 0 Å². The maximum Gasteiger partial charge on any atom is 0.0632 e. The number of benzene rings is 2. The molecule has 0 N–H and O–H groups in total. The molecule has 3 heteroatoms. The lowest BCUT2D eigenvalue weighted by Crippen LogP contribution is -1.83. The quantitative estimate of drug-likeness (QED) is 0.655. The normalized spacial score (nSPS) is 11.1. The SMILES string of the molecule is Cc1ccc(N=Cc2ccc(Cl)cc2Cl)cc1C. The molecule has 2 aromatic rings. The van der Waals surface area contributed by atoms with Crippen molar-refractivity contribution in [1.29, 1.82) is 0 Å². The zero-order chi connectivity index (χ0) is 13.1. The minimum atomic E-state index is 0.607. The minimum absolute atomic E-state index is 0.607. The summed E-state index contributed by atoms with van der Waals surface area (Å²) in [7, 11) is 0. The highest BCUT2D eigenvalue weighted by Crippen LogP contribution is 2.21. The third-order valence-electron chi connectivity index (χ3n) is 2.81. The van der Waals surface area contributed by atoms with Gasteiger partial charge in [0.25, 0.3) is 0 Å². The van der Waals surface area contributed by atoms with Crippen LogP contribution in [0.5, 0.6) is 0 Å². The van der Waals surface area contributed by atoms with Crippen molar-refractivity contribution in [3.63, 3.8) is 0 Å². The van der Waals surface area contributed by atoms with Gasteiger partial charge in [-0.3, -0.25) is 4.99 Å². The van der Waals surface area contributed by atoms with Crippen LogP contribution >= 0.6 is 23.2 Å². The van der Waals surface area contributed by atoms with Gasteiger partial charge in [0.2, 0.25) is 0 Å². The number of aliphatic imine (C=N–C) groups is 1. The molecule has 0 aliphatic heterocycles. The first-order valence-corrected chi connectivity index (χ1v) is 6.38. The Labute approximate surface area is 117 Å². The van der Waals surface area contributed by atoms with Gasteiger partial charge in [0, 0.05) is 16.8 Å². The highest BCUT2D eigenvalue weighted by molar-refractivity contribution is 6.36. The summed E-state index contributed by atoms with van der Waals surface area (Å²) in [6.45, 7) is 4.16. The molecule has 2 aromatic carbocycles. The molecule has 0 aliphatic carbocycles. The molecule has 0 aromatic heterocycles. The van der Waals surface area contributed by atoms with Crippen LogP contribution in [0.25, 0.3) is 0 Å². The number of hydrogen-bond acceptors (Lipinski definition) is 1. The number of hydrogen-bond donors (Lipinski definition) is 0. The molecule has 0 heterocycles. The van der Waals surface area contributed by atoms with Crippen LogP contribution in [-0.2, 0) is 0 Å². The average Bonchev–Trinajstić information content (AvgIpc) is 2.32. The molecule has 18 heavy (non-hydrogen) atoms. The third kappa shape index (κ3) is 3.12. The Hall–Kier alpha value is -1.31. The van der Waals surface area contributed by atoms with E-state index in [1.165, 1.54) is 11.1 Å². The van der Waals surface area contributed by atoms with Gasteiger partial charge in [0.05, 0.1) is 10.7 Å². The maximum atomic E-state index is 6.08. The van der Waals surface area contributed by atoms with E-state index in [1.54, 1.807) is 18.3 Å². The van der Waals surface area contributed by atoms with Crippen molar-refractivity contribution in [2.45, 2.75) is 13.8 Å². The molecule has 1 nitrogen and oxygen atoms in total. The molecule has 0 spiro atoms. The summed E-state index contributed by atoms with van der Waals surface area (Å²) >= 11 is 11.9. The fraction of sp³-hybridized carbons (Fsp3) is 0.133. The van der Waals surface area contributed by atoms with Crippen molar-refractivity contribution >= 4 is 35.1 Å². The van der Waals surface area contributed by atoms with Crippen molar-refractivity contribution < 1.29 is 0 Å². The third-order valence-corrected chi connectivity index (χ3v) is 3.37. The van der Waals surface area contributed by atoms with Crippen LogP contribution in [-0.4, -0.2) is 6.21 Å². The van der Waals surface area contributed by atoms with Crippen molar-refractivity contribution in [3.8, 4) is 0 Å². The molecule has 0 aliphatic rings. The van der Waals surface area contributed by atoms with Crippen LogP contribution in [0.4, 0.5) is 5.69 Å². The number of aryl methyl sites for hydroxylation is 2. The Morgan fingerprint density at radius 1 is 0.944 bits per heavy atom. The lowest BCUT2D eigenvalue weighted by Gasteiger charge is -2.01. The smallest absolute Gasteiger partial charge is 0.0632 e. The largest absolute Gasteiger partial charge is 0.256 e. The molecule has 0 bridgehead atoms. The van der Waals surface area contributed by atoms with E-state index in [4.69, 9.17) is 23.2 Å². The van der Waals surface area contributed by atoms with Gasteiger partial charge in [-0.2, -0.15) is 0 Å². The maximum absolute atomic E-state index is 6.08. The van der Waals surface area contributed by atoms with Gasteiger partial charge in [0.15, 0.2) is 0 Å². The Morgan fingerprint density at radius 2 is 1.72 bits per heavy atom. The Balaban J connectivity index is 2.27. The average molecular weight is 278 g/mol. The Kier molecular flexibility index (Phi) is 4.05. The van der Waals surface area contributed by atoms with Crippen LogP contribution in [0.1, 0.15) is 16.7 Å². The van der Waals surface area contributed by atoms with Crippen molar-refractivity contribution in [2.75, 3.05) is 0 Å². The van der Waals surface area contributed by atoms with Crippen LogP contribution < -0.4 is 0 Å². The van der Waals surface area contributed by atoms with Gasteiger partial charge in [0.1, 0.15) is 0 Å².